The smallest absolute Gasteiger partial charge is 0.307 e. The number of ether oxygens (including phenoxy) is 1. The van der Waals surface area contributed by atoms with E-state index in [2.05, 4.69) is 55.1 Å². The molecule has 1 saturated heterocycles. The lowest BCUT2D eigenvalue weighted by Gasteiger charge is -2.37. The second-order valence-corrected chi connectivity index (χ2v) is 7.67. The topological polar surface area (TPSA) is 49.8 Å². The summed E-state index contributed by atoms with van der Waals surface area (Å²) in [5.74, 6) is 0.331. The molecule has 2 atom stereocenters. The molecule has 1 aliphatic heterocycles. The third kappa shape index (κ3) is 4.51. The molecule has 1 N–H and O–H groups in total. The first kappa shape index (κ1) is 19.4. The molecular weight excluding hydrogens is 338 g/mol. The summed E-state index contributed by atoms with van der Waals surface area (Å²) in [7, 11) is 1.67. The van der Waals surface area contributed by atoms with E-state index in [1.807, 2.05) is 12.1 Å². The minimum Gasteiger partial charge on any atom is -0.497 e. The summed E-state index contributed by atoms with van der Waals surface area (Å²) >= 11 is 0. The van der Waals surface area contributed by atoms with Crippen molar-refractivity contribution >= 4 is 5.97 Å². The number of methoxy groups -OCH3 is 1. The van der Waals surface area contributed by atoms with Gasteiger partial charge in [0.1, 0.15) is 5.75 Å². The number of aliphatic carboxylic acids is 1. The van der Waals surface area contributed by atoms with Crippen molar-refractivity contribution < 1.29 is 14.6 Å². The third-order valence-electron chi connectivity index (χ3n) is 5.52. The van der Waals surface area contributed by atoms with Gasteiger partial charge in [0.2, 0.25) is 0 Å². The fourth-order valence-corrected chi connectivity index (χ4v) is 3.91. The Morgan fingerprint density at radius 1 is 1.04 bits per heavy atom. The van der Waals surface area contributed by atoms with Gasteiger partial charge in [-0.05, 0) is 54.1 Å². The molecule has 1 fully saturated rings. The van der Waals surface area contributed by atoms with Crippen LogP contribution in [-0.4, -0.2) is 36.2 Å². The van der Waals surface area contributed by atoms with Crippen LogP contribution in [0.5, 0.6) is 5.75 Å². The number of rotatable bonds is 6. The van der Waals surface area contributed by atoms with Crippen LogP contribution in [0.1, 0.15) is 55.3 Å². The first-order valence-electron chi connectivity index (χ1n) is 9.70. The molecule has 1 aliphatic rings. The van der Waals surface area contributed by atoms with Crippen LogP contribution < -0.4 is 4.74 Å². The van der Waals surface area contributed by atoms with Crippen molar-refractivity contribution in [3.8, 4) is 5.75 Å². The molecule has 0 amide bonds. The van der Waals surface area contributed by atoms with Crippen molar-refractivity contribution in [2.45, 2.75) is 38.6 Å². The SMILES string of the molecule is COc1ccc(C(c2ccc(C(C)C)cc2)N2CCCC(C(=O)O)C2)cc1. The molecule has 2 aromatic carbocycles. The van der Waals surface area contributed by atoms with Gasteiger partial charge in [-0.15, -0.1) is 0 Å². The Morgan fingerprint density at radius 3 is 2.11 bits per heavy atom. The third-order valence-corrected chi connectivity index (χ3v) is 5.52. The average molecular weight is 367 g/mol. The molecule has 0 aliphatic carbocycles. The molecule has 0 radical (unpaired) electrons. The van der Waals surface area contributed by atoms with Crippen LogP contribution >= 0.6 is 0 Å². The lowest BCUT2D eigenvalue weighted by molar-refractivity contribution is -0.143. The van der Waals surface area contributed by atoms with Crippen molar-refractivity contribution in [3.05, 3.63) is 65.2 Å². The van der Waals surface area contributed by atoms with E-state index in [4.69, 9.17) is 4.74 Å². The predicted molar refractivity (Wildman–Crippen MR) is 107 cm³/mol. The van der Waals surface area contributed by atoms with Crippen LogP contribution in [-0.2, 0) is 4.79 Å². The Balaban J connectivity index is 1.96. The van der Waals surface area contributed by atoms with Gasteiger partial charge in [-0.25, -0.2) is 0 Å². The number of likely N-dealkylation sites (tertiary alicyclic amines) is 1. The quantitative estimate of drug-likeness (QED) is 0.804. The molecule has 0 bridgehead atoms. The summed E-state index contributed by atoms with van der Waals surface area (Å²) in [4.78, 5) is 13.9. The second-order valence-electron chi connectivity index (χ2n) is 7.67. The number of carboxylic acids is 1. The van der Waals surface area contributed by atoms with E-state index in [0.29, 0.717) is 12.5 Å². The van der Waals surface area contributed by atoms with E-state index in [9.17, 15) is 9.90 Å². The summed E-state index contributed by atoms with van der Waals surface area (Å²) in [5.41, 5.74) is 3.68. The van der Waals surface area contributed by atoms with Crippen LogP contribution in [0.4, 0.5) is 0 Å². The highest BCUT2D eigenvalue weighted by atomic mass is 16.5. The normalized spacial score (nSPS) is 19.0. The highest BCUT2D eigenvalue weighted by molar-refractivity contribution is 5.70. The van der Waals surface area contributed by atoms with Gasteiger partial charge in [0, 0.05) is 6.54 Å². The number of hydrogen-bond acceptors (Lipinski definition) is 3. The maximum absolute atomic E-state index is 11.6. The van der Waals surface area contributed by atoms with Gasteiger partial charge < -0.3 is 9.84 Å². The summed E-state index contributed by atoms with van der Waals surface area (Å²) in [6, 6.07) is 16.9. The number of benzene rings is 2. The lowest BCUT2D eigenvalue weighted by atomic mass is 9.90. The van der Waals surface area contributed by atoms with E-state index in [1.54, 1.807) is 7.11 Å². The number of piperidine rings is 1. The molecule has 0 aromatic heterocycles. The van der Waals surface area contributed by atoms with Crippen LogP contribution in [0.3, 0.4) is 0 Å². The maximum atomic E-state index is 11.6. The lowest BCUT2D eigenvalue weighted by Crippen LogP contribution is -2.41. The number of carbonyl (C=O) groups is 1. The van der Waals surface area contributed by atoms with Crippen LogP contribution in [0.25, 0.3) is 0 Å². The molecule has 4 nitrogen and oxygen atoms in total. The van der Waals surface area contributed by atoms with E-state index in [0.717, 1.165) is 25.1 Å². The van der Waals surface area contributed by atoms with Crippen molar-refractivity contribution in [1.82, 2.24) is 4.90 Å². The molecule has 3 rings (SSSR count). The molecule has 27 heavy (non-hydrogen) atoms. The Labute approximate surface area is 161 Å². The highest BCUT2D eigenvalue weighted by Gasteiger charge is 2.31. The van der Waals surface area contributed by atoms with Crippen LogP contribution in [0, 0.1) is 5.92 Å². The largest absolute Gasteiger partial charge is 0.497 e. The number of hydrogen-bond donors (Lipinski definition) is 1. The first-order chi connectivity index (χ1) is 13.0. The monoisotopic (exact) mass is 367 g/mol. The van der Waals surface area contributed by atoms with Crippen molar-refractivity contribution in [2.24, 2.45) is 5.92 Å². The molecule has 144 valence electrons. The molecular formula is C23H29NO3. The number of carboxylic acid groups (broad SMARTS) is 1. The van der Waals surface area contributed by atoms with E-state index in [-0.39, 0.29) is 12.0 Å². The number of nitrogens with zero attached hydrogens (tertiary/aromatic N) is 1. The molecule has 0 saturated carbocycles. The first-order valence-corrected chi connectivity index (χ1v) is 9.70. The molecule has 1 heterocycles. The average Bonchev–Trinajstić information content (AvgIpc) is 2.69. The maximum Gasteiger partial charge on any atom is 0.307 e. The van der Waals surface area contributed by atoms with Crippen LogP contribution in [0.15, 0.2) is 48.5 Å². The molecule has 2 unspecified atom stereocenters. The Kier molecular flexibility index (Phi) is 6.17. The fraction of sp³-hybridized carbons (Fsp3) is 0.435. The van der Waals surface area contributed by atoms with Gasteiger partial charge in [0.05, 0.1) is 19.1 Å². The Morgan fingerprint density at radius 2 is 1.59 bits per heavy atom. The van der Waals surface area contributed by atoms with Crippen molar-refractivity contribution in [2.75, 3.05) is 20.2 Å². The van der Waals surface area contributed by atoms with Gasteiger partial charge in [-0.1, -0.05) is 50.2 Å². The highest BCUT2D eigenvalue weighted by Crippen LogP contribution is 2.34. The van der Waals surface area contributed by atoms with Gasteiger partial charge in [0.25, 0.3) is 0 Å². The Hall–Kier alpha value is -2.33. The van der Waals surface area contributed by atoms with Crippen molar-refractivity contribution in [3.63, 3.8) is 0 Å². The standard InChI is InChI=1S/C23H29NO3/c1-16(2)17-6-8-18(9-7-17)22(19-10-12-21(27-3)13-11-19)24-14-4-5-20(15-24)23(25)26/h6-13,16,20,22H,4-5,14-15H2,1-3H3,(H,25,26). The summed E-state index contributed by atoms with van der Waals surface area (Å²) in [6.45, 7) is 5.88. The zero-order valence-electron chi connectivity index (χ0n) is 16.4. The predicted octanol–water partition coefficient (Wildman–Crippen LogP) is 4.70. The second kappa shape index (κ2) is 8.57. The fourth-order valence-electron chi connectivity index (χ4n) is 3.91. The minimum absolute atomic E-state index is 0.0549. The Bertz CT molecular complexity index is 752. The van der Waals surface area contributed by atoms with Crippen molar-refractivity contribution in [1.29, 1.82) is 0 Å². The van der Waals surface area contributed by atoms with E-state index in [1.165, 1.54) is 16.7 Å². The molecule has 0 spiro atoms. The summed E-state index contributed by atoms with van der Waals surface area (Å²) in [6.07, 6.45) is 1.67. The molecule has 2 aromatic rings. The summed E-state index contributed by atoms with van der Waals surface area (Å²) < 4.78 is 5.30. The zero-order chi connectivity index (χ0) is 19.4. The van der Waals surface area contributed by atoms with Gasteiger partial charge in [-0.2, -0.15) is 0 Å². The zero-order valence-corrected chi connectivity index (χ0v) is 16.4. The van der Waals surface area contributed by atoms with Crippen LogP contribution in [0.2, 0.25) is 0 Å². The van der Waals surface area contributed by atoms with E-state index < -0.39 is 5.97 Å². The summed E-state index contributed by atoms with van der Waals surface area (Å²) in [5, 5.41) is 9.50. The van der Waals surface area contributed by atoms with Gasteiger partial charge in [0.15, 0.2) is 0 Å². The van der Waals surface area contributed by atoms with E-state index >= 15 is 0 Å². The van der Waals surface area contributed by atoms with Gasteiger partial charge >= 0.3 is 5.97 Å². The molecule has 4 heteroatoms. The minimum atomic E-state index is -0.691. The van der Waals surface area contributed by atoms with Gasteiger partial charge in [-0.3, -0.25) is 9.69 Å².